The number of unbranched alkanes of at least 4 members (excludes halogenated alkanes) is 2. The van der Waals surface area contributed by atoms with Crippen LogP contribution in [0.2, 0.25) is 0 Å². The Hall–Kier alpha value is -2.04. The number of benzene rings is 2. The van der Waals surface area contributed by atoms with Crippen LogP contribution in [0.3, 0.4) is 0 Å². The predicted molar refractivity (Wildman–Crippen MR) is 127 cm³/mol. The van der Waals surface area contributed by atoms with Gasteiger partial charge in [-0.15, -0.1) is 0 Å². The molecule has 2 rings (SSSR count). The van der Waals surface area contributed by atoms with Gasteiger partial charge in [0, 0.05) is 11.1 Å². The highest BCUT2D eigenvalue weighted by molar-refractivity contribution is 5.75. The van der Waals surface area contributed by atoms with E-state index < -0.39 is 0 Å². The molecule has 0 saturated carbocycles. The van der Waals surface area contributed by atoms with Crippen LogP contribution >= 0.6 is 0 Å². The van der Waals surface area contributed by atoms with Gasteiger partial charge in [0.2, 0.25) is 0 Å². The van der Waals surface area contributed by atoms with E-state index >= 15 is 0 Å². The summed E-state index contributed by atoms with van der Waals surface area (Å²) >= 11 is 0. The van der Waals surface area contributed by atoms with E-state index in [9.17, 15) is 0 Å². The third kappa shape index (κ3) is 9.19. The zero-order valence-corrected chi connectivity index (χ0v) is 20.0. The van der Waals surface area contributed by atoms with Gasteiger partial charge in [0.1, 0.15) is 11.5 Å². The van der Waals surface area contributed by atoms with Crippen LogP contribution in [0.1, 0.15) is 25.7 Å². The fourth-order valence-corrected chi connectivity index (χ4v) is 3.37. The Kier molecular flexibility index (Phi) is 9.19. The van der Waals surface area contributed by atoms with Crippen LogP contribution in [0.15, 0.2) is 48.5 Å². The first-order valence-electron chi connectivity index (χ1n) is 11.2. The predicted octanol–water partition coefficient (Wildman–Crippen LogP) is 5.08. The SMILES string of the molecule is C[N+](C)(C)CCCCOc1ccccc1-c1ccccc1OCCCC[N+](C)(C)C. The molecule has 0 amide bonds. The molecular weight excluding hydrogens is 372 g/mol. The summed E-state index contributed by atoms with van der Waals surface area (Å²) in [4.78, 5) is 0. The summed E-state index contributed by atoms with van der Waals surface area (Å²) < 4.78 is 14.3. The first-order valence-corrected chi connectivity index (χ1v) is 11.2. The van der Waals surface area contributed by atoms with Crippen molar-refractivity contribution < 1.29 is 18.4 Å². The molecule has 0 aliphatic rings. The second-order valence-electron chi connectivity index (χ2n) is 10.1. The minimum absolute atomic E-state index is 0.741. The maximum atomic E-state index is 6.18. The molecule has 0 spiro atoms. The van der Waals surface area contributed by atoms with Gasteiger partial charge in [0.15, 0.2) is 0 Å². The Bertz CT molecular complexity index is 695. The molecule has 166 valence electrons. The lowest BCUT2D eigenvalue weighted by molar-refractivity contribution is -0.870. The smallest absolute Gasteiger partial charge is 0.127 e. The van der Waals surface area contributed by atoms with Gasteiger partial charge in [-0.2, -0.15) is 0 Å². The molecule has 0 atom stereocenters. The van der Waals surface area contributed by atoms with Crippen LogP contribution < -0.4 is 9.47 Å². The van der Waals surface area contributed by atoms with Gasteiger partial charge >= 0.3 is 0 Å². The van der Waals surface area contributed by atoms with Gasteiger partial charge < -0.3 is 18.4 Å². The second kappa shape index (κ2) is 11.4. The van der Waals surface area contributed by atoms with E-state index in [-0.39, 0.29) is 0 Å². The molecule has 4 heteroatoms. The molecule has 0 aliphatic heterocycles. The number of ether oxygens (including phenoxy) is 2. The van der Waals surface area contributed by atoms with Crippen LogP contribution in [0.5, 0.6) is 11.5 Å². The van der Waals surface area contributed by atoms with Crippen molar-refractivity contribution in [2.75, 3.05) is 68.6 Å². The zero-order chi connectivity index (χ0) is 22.0. The average Bonchev–Trinajstić information content (AvgIpc) is 2.66. The van der Waals surface area contributed by atoms with Crippen molar-refractivity contribution >= 4 is 0 Å². The molecule has 2 aromatic rings. The molecule has 0 heterocycles. The van der Waals surface area contributed by atoms with Gasteiger partial charge in [0.05, 0.1) is 68.6 Å². The number of hydrogen-bond donors (Lipinski definition) is 0. The highest BCUT2D eigenvalue weighted by Gasteiger charge is 2.12. The Morgan fingerprint density at radius 2 is 0.900 bits per heavy atom. The summed E-state index contributed by atoms with van der Waals surface area (Å²) in [5.74, 6) is 1.87. The molecule has 4 nitrogen and oxygen atoms in total. The van der Waals surface area contributed by atoms with Crippen molar-refractivity contribution in [2.45, 2.75) is 25.7 Å². The number of hydrogen-bond acceptors (Lipinski definition) is 2. The lowest BCUT2D eigenvalue weighted by atomic mass is 10.0. The van der Waals surface area contributed by atoms with Crippen LogP contribution in [0.25, 0.3) is 11.1 Å². The molecule has 0 radical (unpaired) electrons. The highest BCUT2D eigenvalue weighted by Crippen LogP contribution is 2.36. The van der Waals surface area contributed by atoms with Crippen molar-refractivity contribution in [1.29, 1.82) is 0 Å². The number of nitrogens with zero attached hydrogens (tertiary/aromatic N) is 2. The van der Waals surface area contributed by atoms with Crippen molar-refractivity contribution in [3.8, 4) is 22.6 Å². The van der Waals surface area contributed by atoms with Gasteiger partial charge in [0.25, 0.3) is 0 Å². The van der Waals surface area contributed by atoms with Crippen LogP contribution in [0.4, 0.5) is 0 Å². The third-order valence-electron chi connectivity index (χ3n) is 5.03. The Morgan fingerprint density at radius 3 is 1.27 bits per heavy atom. The maximum absolute atomic E-state index is 6.18. The lowest BCUT2D eigenvalue weighted by Gasteiger charge is -2.23. The molecular formula is C26H42N2O2+2. The standard InChI is InChI=1S/C26H42N2O2/c1-27(2,3)19-11-13-21-29-25-17-9-7-15-23(25)24-16-8-10-18-26(24)30-22-14-12-20-28(4,5)6/h7-10,15-18H,11-14,19-22H2,1-6H3/q+2. The summed E-state index contributed by atoms with van der Waals surface area (Å²) in [6.45, 7) is 3.81. The fraction of sp³-hybridized carbons (Fsp3) is 0.538. The van der Waals surface area contributed by atoms with Crippen molar-refractivity contribution in [1.82, 2.24) is 0 Å². The Balaban J connectivity index is 1.97. The van der Waals surface area contributed by atoms with E-state index in [0.29, 0.717) is 0 Å². The van der Waals surface area contributed by atoms with Crippen LogP contribution in [-0.2, 0) is 0 Å². The fourth-order valence-electron chi connectivity index (χ4n) is 3.37. The van der Waals surface area contributed by atoms with Crippen molar-refractivity contribution in [3.05, 3.63) is 48.5 Å². The number of rotatable bonds is 13. The van der Waals surface area contributed by atoms with E-state index in [0.717, 1.165) is 70.7 Å². The van der Waals surface area contributed by atoms with Crippen LogP contribution in [0, 0.1) is 0 Å². The first kappa shape index (κ1) is 24.2. The molecule has 0 aliphatic carbocycles. The third-order valence-corrected chi connectivity index (χ3v) is 5.03. The largest absolute Gasteiger partial charge is 0.493 e. The summed E-state index contributed by atoms with van der Waals surface area (Å²) in [6, 6.07) is 16.6. The van der Waals surface area contributed by atoms with E-state index in [1.54, 1.807) is 0 Å². The molecule has 0 N–H and O–H groups in total. The van der Waals surface area contributed by atoms with E-state index in [1.807, 2.05) is 12.1 Å². The van der Waals surface area contributed by atoms with E-state index in [2.05, 4.69) is 78.7 Å². The minimum Gasteiger partial charge on any atom is -0.493 e. The maximum Gasteiger partial charge on any atom is 0.127 e. The Labute approximate surface area is 184 Å². The van der Waals surface area contributed by atoms with Gasteiger partial charge in [-0.25, -0.2) is 0 Å². The molecule has 0 unspecified atom stereocenters. The molecule has 0 fully saturated rings. The zero-order valence-electron chi connectivity index (χ0n) is 20.0. The highest BCUT2D eigenvalue weighted by atomic mass is 16.5. The summed E-state index contributed by atoms with van der Waals surface area (Å²) in [5.41, 5.74) is 2.21. The molecule has 0 saturated heterocycles. The van der Waals surface area contributed by atoms with E-state index in [4.69, 9.17) is 9.47 Å². The van der Waals surface area contributed by atoms with Gasteiger partial charge in [-0.05, 0) is 37.8 Å². The molecule has 0 aromatic heterocycles. The first-order chi connectivity index (χ1) is 14.2. The van der Waals surface area contributed by atoms with E-state index in [1.165, 1.54) is 12.8 Å². The second-order valence-corrected chi connectivity index (χ2v) is 10.1. The molecule has 2 aromatic carbocycles. The van der Waals surface area contributed by atoms with Crippen LogP contribution in [-0.4, -0.2) is 77.6 Å². The molecule has 0 bridgehead atoms. The monoisotopic (exact) mass is 414 g/mol. The topological polar surface area (TPSA) is 18.5 Å². The minimum atomic E-state index is 0.741. The average molecular weight is 415 g/mol. The van der Waals surface area contributed by atoms with Gasteiger partial charge in [-0.1, -0.05) is 36.4 Å². The van der Waals surface area contributed by atoms with Crippen molar-refractivity contribution in [3.63, 3.8) is 0 Å². The number of para-hydroxylation sites is 2. The van der Waals surface area contributed by atoms with Gasteiger partial charge in [-0.3, -0.25) is 0 Å². The Morgan fingerprint density at radius 1 is 0.533 bits per heavy atom. The summed E-state index contributed by atoms with van der Waals surface area (Å²) in [5, 5.41) is 0. The normalized spacial score (nSPS) is 12.1. The summed E-state index contributed by atoms with van der Waals surface area (Å²) in [7, 11) is 13.4. The summed E-state index contributed by atoms with van der Waals surface area (Å²) in [6.07, 6.45) is 4.46. The molecule has 30 heavy (non-hydrogen) atoms. The quantitative estimate of drug-likeness (QED) is 0.336. The number of quaternary nitrogens is 2. The van der Waals surface area contributed by atoms with Crippen molar-refractivity contribution in [2.24, 2.45) is 0 Å². The lowest BCUT2D eigenvalue weighted by Crippen LogP contribution is -2.35.